The first-order chi connectivity index (χ1) is 7.50. The number of hydrogen-bond donors (Lipinski definition) is 2. The van der Waals surface area contributed by atoms with Crippen molar-refractivity contribution < 1.29 is 9.52 Å². The first kappa shape index (κ1) is 11.3. The van der Waals surface area contributed by atoms with E-state index in [0.717, 1.165) is 4.90 Å². The summed E-state index contributed by atoms with van der Waals surface area (Å²) < 4.78 is 4.72. The summed E-state index contributed by atoms with van der Waals surface area (Å²) in [7, 11) is 0. The third kappa shape index (κ3) is 2.31. The minimum atomic E-state index is -0.446. The lowest BCUT2D eigenvalue weighted by atomic mass is 10.2. The molecule has 0 aliphatic carbocycles. The van der Waals surface area contributed by atoms with Crippen LogP contribution in [0.1, 0.15) is 13.8 Å². The first-order valence-corrected chi connectivity index (χ1v) is 5.74. The third-order valence-corrected chi connectivity index (χ3v) is 3.34. The Kier molecular flexibility index (Phi) is 2.82. The lowest BCUT2D eigenvalue weighted by Gasteiger charge is -2.20. The number of hydrogen-bond acceptors (Lipinski definition) is 4. The van der Waals surface area contributed by atoms with Crippen LogP contribution in [0.2, 0.25) is 0 Å². The van der Waals surface area contributed by atoms with E-state index in [0.29, 0.717) is 11.1 Å². The van der Waals surface area contributed by atoms with Gasteiger partial charge in [0.2, 0.25) is 0 Å². The molecule has 0 radical (unpaired) electrons. The number of benzene rings is 1. The highest BCUT2D eigenvalue weighted by Crippen LogP contribution is 2.33. The molecule has 4 nitrogen and oxygen atoms in total. The van der Waals surface area contributed by atoms with Gasteiger partial charge in [-0.25, -0.2) is 4.79 Å². The Balaban J connectivity index is 2.36. The number of rotatable bonds is 3. The Labute approximate surface area is 96.7 Å². The van der Waals surface area contributed by atoms with Gasteiger partial charge in [0.15, 0.2) is 5.58 Å². The van der Waals surface area contributed by atoms with Gasteiger partial charge in [-0.1, -0.05) is 0 Å². The minimum absolute atomic E-state index is 0.0901. The molecule has 16 heavy (non-hydrogen) atoms. The van der Waals surface area contributed by atoms with Gasteiger partial charge in [0.1, 0.15) is 0 Å². The number of H-pyrrole nitrogens is 1. The summed E-state index contributed by atoms with van der Waals surface area (Å²) in [5, 5.41) is 9.17. The van der Waals surface area contributed by atoms with Gasteiger partial charge in [0.05, 0.1) is 12.1 Å². The van der Waals surface area contributed by atoms with Gasteiger partial charge in [0.25, 0.3) is 0 Å². The zero-order chi connectivity index (χ0) is 11.8. The van der Waals surface area contributed by atoms with Gasteiger partial charge in [-0.3, -0.25) is 4.98 Å². The monoisotopic (exact) mass is 239 g/mol. The van der Waals surface area contributed by atoms with Crippen molar-refractivity contribution in [2.75, 3.05) is 6.61 Å². The van der Waals surface area contributed by atoms with E-state index in [9.17, 15) is 9.90 Å². The van der Waals surface area contributed by atoms with E-state index in [4.69, 9.17) is 4.42 Å². The molecule has 0 bridgehead atoms. The molecule has 0 amide bonds. The molecule has 0 saturated carbocycles. The molecule has 1 aromatic heterocycles. The van der Waals surface area contributed by atoms with Crippen LogP contribution in [0, 0.1) is 0 Å². The summed E-state index contributed by atoms with van der Waals surface area (Å²) in [5.41, 5.74) is 1.24. The SMILES string of the molecule is CC(C)(CO)Sc1ccc2[nH]c(=O)oc2c1. The average molecular weight is 239 g/mol. The second kappa shape index (κ2) is 3.99. The van der Waals surface area contributed by atoms with Gasteiger partial charge in [-0.15, -0.1) is 11.8 Å². The number of nitrogens with one attached hydrogen (secondary N) is 1. The maximum absolute atomic E-state index is 11.0. The first-order valence-electron chi connectivity index (χ1n) is 4.93. The van der Waals surface area contributed by atoms with Gasteiger partial charge < -0.3 is 9.52 Å². The number of aliphatic hydroxyl groups is 1. The number of aromatic nitrogens is 1. The van der Waals surface area contributed by atoms with Crippen LogP contribution in [0.3, 0.4) is 0 Å². The summed E-state index contributed by atoms with van der Waals surface area (Å²) in [6.07, 6.45) is 0. The highest BCUT2D eigenvalue weighted by atomic mass is 32.2. The van der Waals surface area contributed by atoms with E-state index in [1.165, 1.54) is 0 Å². The van der Waals surface area contributed by atoms with Crippen LogP contribution in [-0.2, 0) is 0 Å². The second-order valence-electron chi connectivity index (χ2n) is 4.19. The van der Waals surface area contributed by atoms with Gasteiger partial charge in [-0.05, 0) is 32.0 Å². The standard InChI is InChI=1S/C11H13NO3S/c1-11(2,6-13)16-7-3-4-8-9(5-7)15-10(14)12-8/h3-5,13H,6H2,1-2H3,(H,12,14). The Morgan fingerprint density at radius 1 is 1.50 bits per heavy atom. The van der Waals surface area contributed by atoms with Crippen molar-refractivity contribution in [3.63, 3.8) is 0 Å². The van der Waals surface area contributed by atoms with Crippen molar-refractivity contribution in [3.8, 4) is 0 Å². The van der Waals surface area contributed by atoms with E-state index in [2.05, 4.69) is 4.98 Å². The molecule has 0 spiro atoms. The Hall–Kier alpha value is -1.20. The van der Waals surface area contributed by atoms with Crippen molar-refractivity contribution in [1.82, 2.24) is 4.98 Å². The van der Waals surface area contributed by atoms with Crippen LogP contribution >= 0.6 is 11.8 Å². The van der Waals surface area contributed by atoms with E-state index in [1.807, 2.05) is 19.9 Å². The van der Waals surface area contributed by atoms with Crippen LogP contribution in [-0.4, -0.2) is 21.4 Å². The highest BCUT2D eigenvalue weighted by Gasteiger charge is 2.18. The fourth-order valence-corrected chi connectivity index (χ4v) is 2.35. The lowest BCUT2D eigenvalue weighted by molar-refractivity contribution is 0.265. The van der Waals surface area contributed by atoms with Crippen LogP contribution in [0.5, 0.6) is 0 Å². The fraction of sp³-hybridized carbons (Fsp3) is 0.364. The quantitative estimate of drug-likeness (QED) is 0.804. The molecule has 1 aromatic carbocycles. The molecule has 5 heteroatoms. The maximum Gasteiger partial charge on any atom is 0.417 e. The molecular weight excluding hydrogens is 226 g/mol. The van der Waals surface area contributed by atoms with Gasteiger partial charge >= 0.3 is 5.76 Å². The molecule has 1 heterocycles. The van der Waals surface area contributed by atoms with Crippen LogP contribution < -0.4 is 5.76 Å². The topological polar surface area (TPSA) is 66.2 Å². The maximum atomic E-state index is 11.0. The Bertz CT molecular complexity index is 556. The summed E-state index contributed by atoms with van der Waals surface area (Å²) in [6, 6.07) is 5.50. The minimum Gasteiger partial charge on any atom is -0.408 e. The predicted molar refractivity (Wildman–Crippen MR) is 63.9 cm³/mol. The van der Waals surface area contributed by atoms with Crippen LogP contribution in [0.15, 0.2) is 32.3 Å². The summed E-state index contributed by atoms with van der Waals surface area (Å²) in [6.45, 7) is 4.00. The summed E-state index contributed by atoms with van der Waals surface area (Å²) in [4.78, 5) is 14.5. The third-order valence-electron chi connectivity index (χ3n) is 2.17. The van der Waals surface area contributed by atoms with E-state index in [-0.39, 0.29) is 11.4 Å². The van der Waals surface area contributed by atoms with Crippen molar-refractivity contribution in [2.24, 2.45) is 0 Å². The highest BCUT2D eigenvalue weighted by molar-refractivity contribution is 8.00. The van der Waals surface area contributed by atoms with Crippen molar-refractivity contribution in [2.45, 2.75) is 23.5 Å². The number of oxazole rings is 1. The van der Waals surface area contributed by atoms with E-state index >= 15 is 0 Å². The predicted octanol–water partition coefficient (Wildman–Crippen LogP) is 1.98. The van der Waals surface area contributed by atoms with Crippen molar-refractivity contribution in [1.29, 1.82) is 0 Å². The molecule has 0 unspecified atom stereocenters. The van der Waals surface area contributed by atoms with Gasteiger partial charge in [-0.2, -0.15) is 0 Å². The molecule has 2 rings (SSSR count). The normalized spacial score (nSPS) is 12.2. The summed E-state index contributed by atoms with van der Waals surface area (Å²) in [5.74, 6) is -0.446. The lowest BCUT2D eigenvalue weighted by Crippen LogP contribution is -2.19. The number of aliphatic hydroxyl groups excluding tert-OH is 1. The molecule has 0 fully saturated rings. The van der Waals surface area contributed by atoms with E-state index in [1.54, 1.807) is 23.9 Å². The zero-order valence-electron chi connectivity index (χ0n) is 9.11. The number of aromatic amines is 1. The molecule has 0 aliphatic heterocycles. The Morgan fingerprint density at radius 3 is 2.94 bits per heavy atom. The van der Waals surface area contributed by atoms with E-state index < -0.39 is 5.76 Å². The average Bonchev–Trinajstić information content (AvgIpc) is 2.57. The van der Waals surface area contributed by atoms with Crippen molar-refractivity contribution >= 4 is 22.9 Å². The van der Waals surface area contributed by atoms with Gasteiger partial charge in [0, 0.05) is 9.64 Å². The molecule has 2 N–H and O–H groups in total. The van der Waals surface area contributed by atoms with Crippen LogP contribution in [0.4, 0.5) is 0 Å². The van der Waals surface area contributed by atoms with Crippen molar-refractivity contribution in [3.05, 3.63) is 28.7 Å². The molecule has 0 aliphatic rings. The summed E-state index contributed by atoms with van der Waals surface area (Å²) >= 11 is 1.54. The zero-order valence-corrected chi connectivity index (χ0v) is 9.93. The molecule has 0 atom stereocenters. The number of fused-ring (bicyclic) bond motifs is 1. The second-order valence-corrected chi connectivity index (χ2v) is 5.97. The van der Waals surface area contributed by atoms with Crippen LogP contribution in [0.25, 0.3) is 11.1 Å². The largest absolute Gasteiger partial charge is 0.417 e. The molecule has 86 valence electrons. The fourth-order valence-electron chi connectivity index (χ4n) is 1.34. The molecule has 2 aromatic rings. The Morgan fingerprint density at radius 2 is 2.25 bits per heavy atom. The smallest absolute Gasteiger partial charge is 0.408 e. The molecular formula is C11H13NO3S. The molecule has 0 saturated heterocycles. The number of thioether (sulfide) groups is 1.